The molecule has 1 atom stereocenters. The molecular weight excluding hydrogens is 302 g/mol. The molecule has 3 aliphatic rings. The summed E-state index contributed by atoms with van der Waals surface area (Å²) in [5.74, 6) is 1.03. The lowest BCUT2D eigenvalue weighted by molar-refractivity contribution is -0.127. The molecule has 2 amide bonds. The molecule has 1 aliphatic carbocycles. The van der Waals surface area contributed by atoms with E-state index in [2.05, 4.69) is 20.5 Å². The number of hydrogen-bond acceptors (Lipinski definition) is 5. The Morgan fingerprint density at radius 2 is 2.36 bits per heavy atom. The van der Waals surface area contributed by atoms with Crippen LogP contribution in [0.25, 0.3) is 0 Å². The molecule has 116 valence electrons. The van der Waals surface area contributed by atoms with Crippen LogP contribution in [-0.2, 0) is 9.59 Å². The average Bonchev–Trinajstić information content (AvgIpc) is 3.10. The summed E-state index contributed by atoms with van der Waals surface area (Å²) in [4.78, 5) is 30.4. The largest absolute Gasteiger partial charge is 0.311 e. The van der Waals surface area contributed by atoms with E-state index in [4.69, 9.17) is 0 Å². The standard InChI is InChI=1S/C14H17N5O2S/c20-11(6-10-13(21)19-5-4-15-14(19)22-10)17-12-9(7-16-18-12)8-2-1-3-8/h7-8,10H,1-6H2,(H2,16,17,18,20). The molecular formula is C14H17N5O2S. The summed E-state index contributed by atoms with van der Waals surface area (Å²) in [5.41, 5.74) is 1.08. The zero-order valence-electron chi connectivity index (χ0n) is 12.0. The molecule has 0 radical (unpaired) electrons. The number of anilines is 1. The predicted octanol–water partition coefficient (Wildman–Crippen LogP) is 1.32. The number of carbonyl (C=O) groups excluding carboxylic acids is 2. The van der Waals surface area contributed by atoms with Gasteiger partial charge >= 0.3 is 0 Å². The fourth-order valence-corrected chi connectivity index (χ4v) is 4.19. The Morgan fingerprint density at radius 3 is 3.09 bits per heavy atom. The van der Waals surface area contributed by atoms with Crippen LogP contribution >= 0.6 is 11.8 Å². The van der Waals surface area contributed by atoms with Crippen molar-refractivity contribution in [2.24, 2.45) is 4.99 Å². The molecule has 0 spiro atoms. The maximum Gasteiger partial charge on any atom is 0.242 e. The van der Waals surface area contributed by atoms with Crippen LogP contribution in [0.15, 0.2) is 11.2 Å². The molecule has 1 aromatic rings. The van der Waals surface area contributed by atoms with E-state index in [0.717, 1.165) is 23.6 Å². The molecule has 3 heterocycles. The SMILES string of the molecule is O=C(CC1SC2=NCCN2C1=O)Nc1[nH]ncc1C1CCC1. The second-order valence-electron chi connectivity index (χ2n) is 5.84. The summed E-state index contributed by atoms with van der Waals surface area (Å²) in [7, 11) is 0. The highest BCUT2D eigenvalue weighted by Gasteiger charge is 2.40. The third-order valence-corrected chi connectivity index (χ3v) is 5.65. The van der Waals surface area contributed by atoms with Crippen LogP contribution in [0, 0.1) is 0 Å². The van der Waals surface area contributed by atoms with Gasteiger partial charge in [-0.2, -0.15) is 5.10 Å². The number of aliphatic imine (C=N–C) groups is 1. The average molecular weight is 319 g/mol. The Balaban J connectivity index is 1.39. The van der Waals surface area contributed by atoms with Gasteiger partial charge in [0, 0.05) is 18.5 Å². The number of amides is 2. The molecule has 8 heteroatoms. The van der Waals surface area contributed by atoms with Gasteiger partial charge in [-0.25, -0.2) is 0 Å². The zero-order valence-corrected chi connectivity index (χ0v) is 12.9. The molecule has 7 nitrogen and oxygen atoms in total. The van der Waals surface area contributed by atoms with Crippen LogP contribution in [0.3, 0.4) is 0 Å². The summed E-state index contributed by atoms with van der Waals surface area (Å²) in [5, 5.41) is 10.2. The summed E-state index contributed by atoms with van der Waals surface area (Å²) >= 11 is 1.40. The van der Waals surface area contributed by atoms with Crippen LogP contribution in [0.5, 0.6) is 0 Å². The first kappa shape index (κ1) is 13.8. The second-order valence-corrected chi connectivity index (χ2v) is 7.01. The van der Waals surface area contributed by atoms with Crippen LogP contribution < -0.4 is 5.32 Å². The number of fused-ring (bicyclic) bond motifs is 1. The van der Waals surface area contributed by atoms with Gasteiger partial charge in [0.15, 0.2) is 5.17 Å². The van der Waals surface area contributed by atoms with Crippen molar-refractivity contribution in [3.63, 3.8) is 0 Å². The first-order chi connectivity index (χ1) is 10.7. The van der Waals surface area contributed by atoms with E-state index in [1.807, 2.05) is 0 Å². The third-order valence-electron chi connectivity index (χ3n) is 4.44. The van der Waals surface area contributed by atoms with Gasteiger partial charge < -0.3 is 5.32 Å². The van der Waals surface area contributed by atoms with Crippen molar-refractivity contribution in [3.05, 3.63) is 11.8 Å². The molecule has 22 heavy (non-hydrogen) atoms. The highest BCUT2D eigenvalue weighted by atomic mass is 32.2. The van der Waals surface area contributed by atoms with Gasteiger partial charge in [-0.1, -0.05) is 18.2 Å². The lowest BCUT2D eigenvalue weighted by Gasteiger charge is -2.25. The molecule has 1 saturated carbocycles. The number of H-pyrrole nitrogens is 1. The van der Waals surface area contributed by atoms with Crippen molar-refractivity contribution in [2.45, 2.75) is 36.9 Å². The molecule has 1 aromatic heterocycles. The molecule has 1 unspecified atom stereocenters. The molecule has 2 N–H and O–H groups in total. The number of amidine groups is 1. The number of thioether (sulfide) groups is 1. The monoisotopic (exact) mass is 319 g/mol. The Hall–Kier alpha value is -1.83. The van der Waals surface area contributed by atoms with Crippen molar-refractivity contribution in [1.82, 2.24) is 15.1 Å². The number of nitrogens with one attached hydrogen (secondary N) is 2. The molecule has 1 saturated heterocycles. The predicted molar refractivity (Wildman–Crippen MR) is 83.8 cm³/mol. The van der Waals surface area contributed by atoms with E-state index < -0.39 is 0 Å². The lowest BCUT2D eigenvalue weighted by atomic mass is 9.81. The van der Waals surface area contributed by atoms with Gasteiger partial charge in [0.1, 0.15) is 11.1 Å². The summed E-state index contributed by atoms with van der Waals surface area (Å²) in [6, 6.07) is 0. The van der Waals surface area contributed by atoms with Crippen molar-refractivity contribution in [3.8, 4) is 0 Å². The first-order valence-electron chi connectivity index (χ1n) is 7.58. The van der Waals surface area contributed by atoms with Crippen LogP contribution in [-0.4, -0.2) is 50.4 Å². The summed E-state index contributed by atoms with van der Waals surface area (Å²) in [6.07, 6.45) is 5.48. The highest BCUT2D eigenvalue weighted by Crippen LogP contribution is 2.39. The number of aromatic amines is 1. The summed E-state index contributed by atoms with van der Waals surface area (Å²) in [6.45, 7) is 1.32. The molecule has 2 fully saturated rings. The van der Waals surface area contributed by atoms with Crippen molar-refractivity contribution < 1.29 is 9.59 Å². The Labute approximate surface area is 131 Å². The topological polar surface area (TPSA) is 90.5 Å². The quantitative estimate of drug-likeness (QED) is 0.876. The number of carbonyl (C=O) groups is 2. The lowest BCUT2D eigenvalue weighted by Crippen LogP contribution is -2.32. The summed E-state index contributed by atoms with van der Waals surface area (Å²) < 4.78 is 0. The number of hydrogen-bond donors (Lipinski definition) is 2. The zero-order chi connectivity index (χ0) is 15.1. The van der Waals surface area contributed by atoms with Crippen LogP contribution in [0.1, 0.15) is 37.2 Å². The van der Waals surface area contributed by atoms with Crippen molar-refractivity contribution in [2.75, 3.05) is 18.4 Å². The van der Waals surface area contributed by atoms with Gasteiger partial charge in [-0.05, 0) is 18.8 Å². The molecule has 0 aromatic carbocycles. The smallest absolute Gasteiger partial charge is 0.242 e. The number of aromatic nitrogens is 2. The highest BCUT2D eigenvalue weighted by molar-refractivity contribution is 8.15. The fraction of sp³-hybridized carbons (Fsp3) is 0.571. The van der Waals surface area contributed by atoms with Crippen LogP contribution in [0.2, 0.25) is 0 Å². The maximum absolute atomic E-state index is 12.2. The molecule has 2 aliphatic heterocycles. The minimum Gasteiger partial charge on any atom is -0.311 e. The Bertz CT molecular complexity index is 651. The van der Waals surface area contributed by atoms with E-state index in [0.29, 0.717) is 24.8 Å². The molecule has 4 rings (SSSR count). The Kier molecular flexibility index (Phi) is 3.40. The van der Waals surface area contributed by atoms with Gasteiger partial charge in [0.2, 0.25) is 11.8 Å². The Morgan fingerprint density at radius 1 is 1.50 bits per heavy atom. The van der Waals surface area contributed by atoms with Gasteiger partial charge in [-0.3, -0.25) is 24.6 Å². The first-order valence-corrected chi connectivity index (χ1v) is 8.46. The second kappa shape index (κ2) is 5.42. The molecule has 0 bridgehead atoms. The maximum atomic E-state index is 12.2. The number of nitrogens with zero attached hydrogens (tertiary/aromatic N) is 3. The number of rotatable bonds is 4. The van der Waals surface area contributed by atoms with Crippen molar-refractivity contribution >= 4 is 34.6 Å². The van der Waals surface area contributed by atoms with E-state index in [1.165, 1.54) is 18.2 Å². The van der Waals surface area contributed by atoms with E-state index in [1.54, 1.807) is 11.1 Å². The van der Waals surface area contributed by atoms with E-state index in [9.17, 15) is 9.59 Å². The van der Waals surface area contributed by atoms with Crippen LogP contribution in [0.4, 0.5) is 5.82 Å². The van der Waals surface area contributed by atoms with Gasteiger partial charge in [0.25, 0.3) is 0 Å². The minimum atomic E-state index is -0.353. The van der Waals surface area contributed by atoms with Crippen molar-refractivity contribution in [1.29, 1.82) is 0 Å². The third kappa shape index (κ3) is 2.31. The van der Waals surface area contributed by atoms with E-state index in [-0.39, 0.29) is 23.5 Å². The fourth-order valence-electron chi connectivity index (χ4n) is 3.00. The van der Waals surface area contributed by atoms with E-state index >= 15 is 0 Å². The van der Waals surface area contributed by atoms with Gasteiger partial charge in [-0.15, -0.1) is 0 Å². The normalized spacial score (nSPS) is 24.2. The van der Waals surface area contributed by atoms with Gasteiger partial charge in [0.05, 0.1) is 12.7 Å². The minimum absolute atomic E-state index is 0.000210.